The van der Waals surface area contributed by atoms with E-state index in [2.05, 4.69) is 17.4 Å². The summed E-state index contributed by atoms with van der Waals surface area (Å²) in [7, 11) is 0. The zero-order valence-corrected chi connectivity index (χ0v) is 15.7. The lowest BCUT2D eigenvalue weighted by Crippen LogP contribution is -2.35. The van der Waals surface area contributed by atoms with Gasteiger partial charge in [-0.2, -0.15) is 0 Å². The average molecular weight is 399 g/mol. The largest absolute Gasteiger partial charge is 0.454 e. The van der Waals surface area contributed by atoms with Gasteiger partial charge in [-0.05, 0) is 29.8 Å². The molecular formula is C20H15ClN2O3S. The van der Waals surface area contributed by atoms with Crippen LogP contribution < -0.4 is 20.3 Å². The molecule has 1 amide bonds. The normalized spacial score (nSPS) is 12.5. The highest BCUT2D eigenvalue weighted by molar-refractivity contribution is 7.21. The van der Waals surface area contributed by atoms with E-state index in [1.807, 2.05) is 48.5 Å². The molecule has 0 spiro atoms. The van der Waals surface area contributed by atoms with Crippen molar-refractivity contribution in [2.75, 3.05) is 6.79 Å². The number of hydrogen-bond acceptors (Lipinski definition) is 5. The van der Waals surface area contributed by atoms with Crippen molar-refractivity contribution < 1.29 is 14.3 Å². The molecule has 1 aromatic heterocycles. The van der Waals surface area contributed by atoms with Crippen molar-refractivity contribution in [2.45, 2.75) is 0 Å². The van der Waals surface area contributed by atoms with E-state index in [-0.39, 0.29) is 12.7 Å². The Morgan fingerprint density at radius 2 is 1.96 bits per heavy atom. The Morgan fingerprint density at radius 1 is 1.15 bits per heavy atom. The van der Waals surface area contributed by atoms with Gasteiger partial charge >= 0.3 is 0 Å². The minimum absolute atomic E-state index is 0.239. The number of fused-ring (bicyclic) bond motifs is 2. The van der Waals surface area contributed by atoms with E-state index in [1.54, 1.807) is 6.08 Å². The zero-order chi connectivity index (χ0) is 18.8. The summed E-state index contributed by atoms with van der Waals surface area (Å²) >= 11 is 7.67. The minimum Gasteiger partial charge on any atom is -0.454 e. The molecule has 27 heavy (non-hydrogen) atoms. The first-order valence-corrected chi connectivity index (χ1v) is 9.31. The van der Waals surface area contributed by atoms with Crippen LogP contribution in [0, 0.1) is 0 Å². The second-order valence-corrected chi connectivity index (χ2v) is 7.22. The van der Waals surface area contributed by atoms with Gasteiger partial charge in [-0.3, -0.25) is 15.6 Å². The van der Waals surface area contributed by atoms with E-state index in [0.29, 0.717) is 21.3 Å². The van der Waals surface area contributed by atoms with Gasteiger partial charge in [0.1, 0.15) is 4.88 Å². The molecule has 7 heteroatoms. The van der Waals surface area contributed by atoms with Gasteiger partial charge in [-0.1, -0.05) is 48.5 Å². The Morgan fingerprint density at radius 3 is 2.81 bits per heavy atom. The van der Waals surface area contributed by atoms with Crippen LogP contribution in [0.2, 0.25) is 5.02 Å². The van der Waals surface area contributed by atoms with Gasteiger partial charge < -0.3 is 9.47 Å². The van der Waals surface area contributed by atoms with Crippen LogP contribution in [0.25, 0.3) is 16.2 Å². The van der Waals surface area contributed by atoms with Gasteiger partial charge in [-0.25, -0.2) is 0 Å². The number of hydrazine groups is 1. The van der Waals surface area contributed by atoms with Crippen LogP contribution in [0.15, 0.2) is 60.8 Å². The summed E-state index contributed by atoms with van der Waals surface area (Å²) < 4.78 is 11.6. The molecule has 0 aliphatic carbocycles. The first kappa shape index (κ1) is 17.5. The number of ether oxygens (including phenoxy) is 2. The van der Waals surface area contributed by atoms with Crippen LogP contribution in [0.4, 0.5) is 0 Å². The van der Waals surface area contributed by atoms with Crippen molar-refractivity contribution >= 4 is 45.0 Å². The maximum atomic E-state index is 12.4. The minimum atomic E-state index is -0.307. The third-order valence-corrected chi connectivity index (χ3v) is 5.63. The number of hydrogen-bond donors (Lipinski definition) is 2. The van der Waals surface area contributed by atoms with Crippen LogP contribution in [-0.2, 0) is 0 Å². The van der Waals surface area contributed by atoms with Crippen LogP contribution >= 0.6 is 22.9 Å². The quantitative estimate of drug-likeness (QED) is 0.481. The van der Waals surface area contributed by atoms with E-state index < -0.39 is 0 Å². The molecule has 3 aromatic rings. The van der Waals surface area contributed by atoms with Gasteiger partial charge in [0.2, 0.25) is 6.79 Å². The number of halogens is 1. The fourth-order valence-corrected chi connectivity index (χ4v) is 4.02. The highest BCUT2D eigenvalue weighted by Gasteiger charge is 2.16. The highest BCUT2D eigenvalue weighted by atomic mass is 35.5. The number of amides is 1. The Bertz CT molecular complexity index is 1070. The maximum Gasteiger partial charge on any atom is 0.281 e. The summed E-state index contributed by atoms with van der Waals surface area (Å²) in [5, 5.41) is 1.33. The zero-order valence-electron chi connectivity index (χ0n) is 14.1. The van der Waals surface area contributed by atoms with Crippen molar-refractivity contribution in [2.24, 2.45) is 0 Å². The van der Waals surface area contributed by atoms with Crippen LogP contribution in [-0.4, -0.2) is 12.7 Å². The molecule has 2 N–H and O–H groups in total. The summed E-state index contributed by atoms with van der Waals surface area (Å²) in [4.78, 5) is 12.9. The number of carbonyl (C=O) groups is 1. The standard InChI is InChI=1S/C20H15ClN2O3S/c1-12(6-7-13-8-9-15-16(10-13)26-11-25-15)22-23-20(24)19-18(21)14-4-2-3-5-17(14)27-19/h2-10,22H,1,11H2,(H,23,24). The van der Waals surface area contributed by atoms with E-state index in [0.717, 1.165) is 21.4 Å². The molecule has 5 nitrogen and oxygen atoms in total. The van der Waals surface area contributed by atoms with Crippen LogP contribution in [0.1, 0.15) is 15.2 Å². The molecule has 1 aliphatic heterocycles. The first-order valence-electron chi connectivity index (χ1n) is 8.12. The smallest absolute Gasteiger partial charge is 0.281 e. The summed E-state index contributed by atoms with van der Waals surface area (Å²) in [6.07, 6.45) is 3.61. The molecule has 0 bridgehead atoms. The van der Waals surface area contributed by atoms with E-state index in [9.17, 15) is 4.79 Å². The maximum absolute atomic E-state index is 12.4. The highest BCUT2D eigenvalue weighted by Crippen LogP contribution is 2.35. The molecule has 0 unspecified atom stereocenters. The Balaban J connectivity index is 1.38. The number of carbonyl (C=O) groups excluding carboxylic acids is 1. The van der Waals surface area contributed by atoms with Crippen molar-refractivity contribution in [3.63, 3.8) is 0 Å². The molecule has 0 fully saturated rings. The van der Waals surface area contributed by atoms with Gasteiger partial charge in [0.05, 0.1) is 5.02 Å². The topological polar surface area (TPSA) is 59.6 Å². The number of rotatable bonds is 5. The second kappa shape index (κ2) is 7.34. The fourth-order valence-electron chi connectivity index (χ4n) is 2.61. The van der Waals surface area contributed by atoms with Crippen molar-refractivity contribution in [3.05, 3.63) is 76.3 Å². The summed E-state index contributed by atoms with van der Waals surface area (Å²) in [5.41, 5.74) is 6.86. The third-order valence-electron chi connectivity index (χ3n) is 3.95. The molecule has 2 heterocycles. The number of nitrogens with one attached hydrogen (secondary N) is 2. The Hall–Kier alpha value is -2.96. The van der Waals surface area contributed by atoms with Crippen molar-refractivity contribution in [1.82, 2.24) is 10.9 Å². The summed E-state index contributed by atoms with van der Waals surface area (Å²) in [5.74, 6) is 1.14. The number of thiophene rings is 1. The second-order valence-electron chi connectivity index (χ2n) is 5.79. The van der Waals surface area contributed by atoms with Gasteiger partial charge in [0, 0.05) is 15.8 Å². The molecular weight excluding hydrogens is 384 g/mol. The lowest BCUT2D eigenvalue weighted by atomic mass is 10.2. The molecule has 0 saturated carbocycles. The Kier molecular flexibility index (Phi) is 4.75. The molecule has 2 aromatic carbocycles. The van der Waals surface area contributed by atoms with E-state index in [1.165, 1.54) is 11.3 Å². The Labute approximate surface area is 164 Å². The van der Waals surface area contributed by atoms with Gasteiger partial charge in [-0.15, -0.1) is 11.3 Å². The summed E-state index contributed by atoms with van der Waals surface area (Å²) in [6.45, 7) is 4.11. The van der Waals surface area contributed by atoms with Gasteiger partial charge in [0.25, 0.3) is 5.91 Å². The van der Waals surface area contributed by atoms with Crippen LogP contribution in [0.5, 0.6) is 11.5 Å². The third kappa shape index (κ3) is 3.63. The van der Waals surface area contributed by atoms with Gasteiger partial charge in [0.15, 0.2) is 11.5 Å². The lowest BCUT2D eigenvalue weighted by molar-refractivity contribution is 0.0944. The molecule has 0 saturated heterocycles. The lowest BCUT2D eigenvalue weighted by Gasteiger charge is -2.07. The SMILES string of the molecule is C=C(C=Cc1ccc2c(c1)OCO2)NNC(=O)c1sc2ccccc2c1Cl. The molecule has 0 atom stereocenters. The monoisotopic (exact) mass is 398 g/mol. The molecule has 1 aliphatic rings. The predicted octanol–water partition coefficient (Wildman–Crippen LogP) is 4.74. The van der Waals surface area contributed by atoms with E-state index >= 15 is 0 Å². The fraction of sp³-hybridized carbons (Fsp3) is 0.0500. The first-order chi connectivity index (χ1) is 13.1. The molecule has 136 valence electrons. The average Bonchev–Trinajstić information content (AvgIpc) is 3.29. The van der Waals surface area contributed by atoms with Crippen molar-refractivity contribution in [1.29, 1.82) is 0 Å². The van der Waals surface area contributed by atoms with Crippen LogP contribution in [0.3, 0.4) is 0 Å². The predicted molar refractivity (Wildman–Crippen MR) is 108 cm³/mol. The molecule has 0 radical (unpaired) electrons. The van der Waals surface area contributed by atoms with E-state index in [4.69, 9.17) is 21.1 Å². The van der Waals surface area contributed by atoms with Crippen molar-refractivity contribution in [3.8, 4) is 11.5 Å². The number of benzene rings is 2. The molecule has 4 rings (SSSR count). The summed E-state index contributed by atoms with van der Waals surface area (Å²) in [6, 6.07) is 13.3. The number of allylic oxidation sites excluding steroid dienone is 1.